The minimum atomic E-state index is -0.840. The van der Waals surface area contributed by atoms with Crippen LogP contribution in [0, 0.1) is 0 Å². The topological polar surface area (TPSA) is 72.2 Å². The number of nitrogens with two attached hydrogens (primary N) is 1. The standard InChI is InChI=1S/C6H12N2O2/c1-3-5(10)8-6(7)4(2)9/h6H,3,7H2,1-2H3,(H,8,10)/t6-/m1/s1. The Morgan fingerprint density at radius 3 is 2.40 bits per heavy atom. The van der Waals surface area contributed by atoms with Crippen LogP contribution in [0.3, 0.4) is 0 Å². The molecule has 3 N–H and O–H groups in total. The number of hydrogen-bond acceptors (Lipinski definition) is 3. The third kappa shape index (κ3) is 3.19. The maximum atomic E-state index is 10.6. The lowest BCUT2D eigenvalue weighted by molar-refractivity contribution is -0.126. The molecule has 0 bridgehead atoms. The highest BCUT2D eigenvalue weighted by Crippen LogP contribution is 1.79. The first kappa shape index (κ1) is 9.10. The summed E-state index contributed by atoms with van der Waals surface area (Å²) in [5.41, 5.74) is 5.21. The van der Waals surface area contributed by atoms with E-state index < -0.39 is 6.17 Å². The van der Waals surface area contributed by atoms with Crippen LogP contribution >= 0.6 is 0 Å². The van der Waals surface area contributed by atoms with E-state index in [-0.39, 0.29) is 11.7 Å². The molecule has 0 radical (unpaired) electrons. The van der Waals surface area contributed by atoms with Gasteiger partial charge in [0.15, 0.2) is 5.78 Å². The van der Waals surface area contributed by atoms with Crippen molar-refractivity contribution in [3.63, 3.8) is 0 Å². The fraction of sp³-hybridized carbons (Fsp3) is 0.667. The largest absolute Gasteiger partial charge is 0.334 e. The van der Waals surface area contributed by atoms with Gasteiger partial charge < -0.3 is 11.1 Å². The minimum Gasteiger partial charge on any atom is -0.334 e. The average Bonchev–Trinajstić information content (AvgIpc) is 1.87. The predicted molar refractivity (Wildman–Crippen MR) is 37.1 cm³/mol. The summed E-state index contributed by atoms with van der Waals surface area (Å²) in [6.45, 7) is 3.03. The summed E-state index contributed by atoms with van der Waals surface area (Å²) >= 11 is 0. The Labute approximate surface area is 59.8 Å². The van der Waals surface area contributed by atoms with Crippen LogP contribution in [0.4, 0.5) is 0 Å². The number of rotatable bonds is 3. The molecule has 0 unspecified atom stereocenters. The van der Waals surface area contributed by atoms with E-state index in [0.29, 0.717) is 6.42 Å². The lowest BCUT2D eigenvalue weighted by Crippen LogP contribution is -2.46. The maximum absolute atomic E-state index is 10.6. The second-order valence-corrected chi connectivity index (χ2v) is 2.01. The number of carbonyl (C=O) groups excluding carboxylic acids is 2. The SMILES string of the molecule is CCC(=O)N[C@@H](N)C(C)=O. The van der Waals surface area contributed by atoms with Gasteiger partial charge in [-0.05, 0) is 6.92 Å². The third-order valence-corrected chi connectivity index (χ3v) is 1.08. The molecular weight excluding hydrogens is 132 g/mol. The van der Waals surface area contributed by atoms with Crippen LogP contribution < -0.4 is 11.1 Å². The maximum Gasteiger partial charge on any atom is 0.221 e. The normalized spacial score (nSPS) is 12.3. The molecule has 0 rings (SSSR count). The van der Waals surface area contributed by atoms with E-state index >= 15 is 0 Å². The van der Waals surface area contributed by atoms with Crippen molar-refractivity contribution < 1.29 is 9.59 Å². The fourth-order valence-electron chi connectivity index (χ4n) is 0.377. The number of nitrogens with one attached hydrogen (secondary N) is 1. The molecule has 0 saturated carbocycles. The van der Waals surface area contributed by atoms with E-state index in [1.165, 1.54) is 6.92 Å². The van der Waals surface area contributed by atoms with Gasteiger partial charge in [-0.15, -0.1) is 0 Å². The van der Waals surface area contributed by atoms with Gasteiger partial charge in [0.1, 0.15) is 6.17 Å². The molecule has 0 spiro atoms. The summed E-state index contributed by atoms with van der Waals surface area (Å²) in [5.74, 6) is -0.440. The van der Waals surface area contributed by atoms with E-state index in [9.17, 15) is 9.59 Å². The molecule has 4 heteroatoms. The van der Waals surface area contributed by atoms with Crippen LogP contribution in [0.2, 0.25) is 0 Å². The van der Waals surface area contributed by atoms with Crippen LogP contribution in [-0.4, -0.2) is 17.9 Å². The number of Topliss-reactive ketones (excluding diaryl/α,β-unsaturated/α-hetero) is 1. The van der Waals surface area contributed by atoms with E-state index in [1.54, 1.807) is 6.92 Å². The Balaban J connectivity index is 3.68. The van der Waals surface area contributed by atoms with E-state index in [1.807, 2.05) is 0 Å². The van der Waals surface area contributed by atoms with Crippen molar-refractivity contribution in [3.05, 3.63) is 0 Å². The zero-order valence-electron chi connectivity index (χ0n) is 6.18. The smallest absolute Gasteiger partial charge is 0.221 e. The Bertz CT molecular complexity index is 145. The molecule has 0 fully saturated rings. The summed E-state index contributed by atoms with van der Waals surface area (Å²) in [5, 5.41) is 2.32. The second-order valence-electron chi connectivity index (χ2n) is 2.01. The highest BCUT2D eigenvalue weighted by atomic mass is 16.2. The lowest BCUT2D eigenvalue weighted by atomic mass is 10.3. The molecule has 1 amide bonds. The molecule has 0 heterocycles. The molecule has 4 nitrogen and oxygen atoms in total. The molecule has 10 heavy (non-hydrogen) atoms. The van der Waals surface area contributed by atoms with Gasteiger partial charge in [-0.1, -0.05) is 6.92 Å². The summed E-state index contributed by atoms with van der Waals surface area (Å²) in [6.07, 6.45) is -0.492. The van der Waals surface area contributed by atoms with Crippen molar-refractivity contribution in [2.24, 2.45) is 5.73 Å². The summed E-state index contributed by atoms with van der Waals surface area (Å²) in [6, 6.07) is 0. The van der Waals surface area contributed by atoms with Crippen LogP contribution in [0.1, 0.15) is 20.3 Å². The number of carbonyl (C=O) groups is 2. The Kier molecular flexibility index (Phi) is 3.64. The van der Waals surface area contributed by atoms with Gasteiger partial charge in [-0.3, -0.25) is 9.59 Å². The highest BCUT2D eigenvalue weighted by molar-refractivity contribution is 5.86. The molecule has 0 aliphatic rings. The first-order valence-corrected chi connectivity index (χ1v) is 3.13. The summed E-state index contributed by atoms with van der Waals surface area (Å²) in [7, 11) is 0. The lowest BCUT2D eigenvalue weighted by Gasteiger charge is -2.08. The van der Waals surface area contributed by atoms with E-state index in [4.69, 9.17) is 5.73 Å². The first-order chi connectivity index (χ1) is 4.57. The Morgan fingerprint density at radius 2 is 2.10 bits per heavy atom. The van der Waals surface area contributed by atoms with Crippen molar-refractivity contribution in [2.45, 2.75) is 26.4 Å². The highest BCUT2D eigenvalue weighted by Gasteiger charge is 2.08. The molecule has 1 atom stereocenters. The molecule has 58 valence electrons. The van der Waals surface area contributed by atoms with E-state index in [0.717, 1.165) is 0 Å². The zero-order chi connectivity index (χ0) is 8.15. The molecule has 0 aliphatic carbocycles. The zero-order valence-corrected chi connectivity index (χ0v) is 6.18. The van der Waals surface area contributed by atoms with Crippen LogP contribution in [0.25, 0.3) is 0 Å². The van der Waals surface area contributed by atoms with Gasteiger partial charge >= 0.3 is 0 Å². The van der Waals surface area contributed by atoms with Crippen LogP contribution in [0.5, 0.6) is 0 Å². The van der Waals surface area contributed by atoms with Gasteiger partial charge in [0, 0.05) is 6.42 Å². The van der Waals surface area contributed by atoms with Crippen molar-refractivity contribution >= 4 is 11.7 Å². The number of ketones is 1. The Morgan fingerprint density at radius 1 is 1.60 bits per heavy atom. The number of hydrogen-bond donors (Lipinski definition) is 2. The molecule has 0 aromatic rings. The molecule has 0 saturated heterocycles. The quantitative estimate of drug-likeness (QED) is 0.519. The van der Waals surface area contributed by atoms with E-state index in [2.05, 4.69) is 5.32 Å². The van der Waals surface area contributed by atoms with Crippen molar-refractivity contribution in [2.75, 3.05) is 0 Å². The van der Waals surface area contributed by atoms with Crippen LogP contribution in [0.15, 0.2) is 0 Å². The van der Waals surface area contributed by atoms with Gasteiger partial charge in [-0.25, -0.2) is 0 Å². The van der Waals surface area contributed by atoms with Gasteiger partial charge in [0.2, 0.25) is 5.91 Å². The summed E-state index contributed by atoms with van der Waals surface area (Å²) < 4.78 is 0. The number of amides is 1. The summed E-state index contributed by atoms with van der Waals surface area (Å²) in [4.78, 5) is 21.0. The minimum absolute atomic E-state index is 0.206. The van der Waals surface area contributed by atoms with Crippen molar-refractivity contribution in [1.82, 2.24) is 5.32 Å². The molecule has 0 aliphatic heterocycles. The van der Waals surface area contributed by atoms with Crippen LogP contribution in [-0.2, 0) is 9.59 Å². The first-order valence-electron chi connectivity index (χ1n) is 3.13. The van der Waals surface area contributed by atoms with Crippen molar-refractivity contribution in [3.8, 4) is 0 Å². The van der Waals surface area contributed by atoms with Crippen molar-refractivity contribution in [1.29, 1.82) is 0 Å². The monoisotopic (exact) mass is 144 g/mol. The van der Waals surface area contributed by atoms with Gasteiger partial charge in [-0.2, -0.15) is 0 Å². The second kappa shape index (κ2) is 4.00. The fourth-order valence-corrected chi connectivity index (χ4v) is 0.377. The third-order valence-electron chi connectivity index (χ3n) is 1.08. The Hall–Kier alpha value is -0.900. The van der Waals surface area contributed by atoms with Gasteiger partial charge in [0.05, 0.1) is 0 Å². The molecule has 0 aromatic carbocycles. The predicted octanol–water partition coefficient (Wildman–Crippen LogP) is -0.614. The average molecular weight is 144 g/mol. The molecule has 0 aromatic heterocycles. The van der Waals surface area contributed by atoms with Gasteiger partial charge in [0.25, 0.3) is 0 Å². The molecular formula is C6H12N2O2.